The Bertz CT molecular complexity index is 626. The van der Waals surface area contributed by atoms with Crippen LogP contribution in [0.4, 0.5) is 0 Å². The van der Waals surface area contributed by atoms with Gasteiger partial charge >= 0.3 is 0 Å². The maximum absolute atomic E-state index is 12.3. The van der Waals surface area contributed by atoms with Crippen LogP contribution in [0.3, 0.4) is 0 Å². The Labute approximate surface area is 129 Å². The maximum Gasteiger partial charge on any atom is 0.274 e. The SMILES string of the molecule is CC(C)c1cc(C(=O)N2CC(NC(=O)C3CC34CC4)C2)n[nH]1. The number of amides is 2. The number of carbonyl (C=O) groups is 2. The summed E-state index contributed by atoms with van der Waals surface area (Å²) in [6, 6.07) is 1.93. The highest BCUT2D eigenvalue weighted by atomic mass is 16.2. The van der Waals surface area contributed by atoms with Crippen LogP contribution in [-0.2, 0) is 4.79 Å². The standard InChI is InChI=1S/C16H22N4O2/c1-9(2)12-5-13(19-18-12)15(22)20-7-10(8-20)17-14(21)11-6-16(11)3-4-16/h5,9-11H,3-4,6-8H2,1-2H3,(H,17,21)(H,18,19). The molecule has 1 aliphatic heterocycles. The third-order valence-corrected chi connectivity index (χ3v) is 5.35. The van der Waals surface area contributed by atoms with Gasteiger partial charge in [-0.1, -0.05) is 13.8 Å². The van der Waals surface area contributed by atoms with E-state index in [0.29, 0.717) is 30.1 Å². The van der Waals surface area contributed by atoms with Crippen LogP contribution < -0.4 is 5.32 Å². The van der Waals surface area contributed by atoms with E-state index in [1.165, 1.54) is 12.8 Å². The lowest BCUT2D eigenvalue weighted by atomic mass is 10.1. The van der Waals surface area contributed by atoms with Crippen LogP contribution in [0, 0.1) is 11.3 Å². The molecule has 1 aromatic rings. The number of aromatic amines is 1. The zero-order valence-corrected chi connectivity index (χ0v) is 13.1. The predicted octanol–water partition coefficient (Wildman–Crippen LogP) is 1.27. The van der Waals surface area contributed by atoms with Crippen molar-refractivity contribution in [3.05, 3.63) is 17.5 Å². The van der Waals surface area contributed by atoms with Crippen molar-refractivity contribution in [1.29, 1.82) is 0 Å². The van der Waals surface area contributed by atoms with Crippen LogP contribution in [0.1, 0.15) is 55.2 Å². The molecule has 3 aliphatic rings. The predicted molar refractivity (Wildman–Crippen MR) is 80.3 cm³/mol. The molecule has 118 valence electrons. The molecular weight excluding hydrogens is 280 g/mol. The summed E-state index contributed by atoms with van der Waals surface area (Å²) in [5.41, 5.74) is 1.83. The van der Waals surface area contributed by atoms with Crippen molar-refractivity contribution in [2.45, 2.75) is 45.1 Å². The van der Waals surface area contributed by atoms with E-state index >= 15 is 0 Å². The molecule has 1 unspecified atom stereocenters. The average Bonchev–Trinajstić information content (AvgIpc) is 3.31. The molecule has 1 saturated heterocycles. The van der Waals surface area contributed by atoms with Crippen molar-refractivity contribution < 1.29 is 9.59 Å². The third kappa shape index (κ3) is 2.21. The molecule has 6 heteroatoms. The fraction of sp³-hybridized carbons (Fsp3) is 0.688. The minimum absolute atomic E-state index is 0.0567. The maximum atomic E-state index is 12.3. The topological polar surface area (TPSA) is 78.1 Å². The summed E-state index contributed by atoms with van der Waals surface area (Å²) in [7, 11) is 0. The molecule has 1 spiro atoms. The van der Waals surface area contributed by atoms with Gasteiger partial charge in [0.25, 0.3) is 5.91 Å². The Morgan fingerprint density at radius 2 is 2.14 bits per heavy atom. The lowest BCUT2D eigenvalue weighted by Crippen LogP contribution is -2.61. The highest BCUT2D eigenvalue weighted by Gasteiger charge is 2.65. The number of hydrogen-bond donors (Lipinski definition) is 2. The molecule has 2 amide bonds. The quantitative estimate of drug-likeness (QED) is 0.879. The molecule has 2 aliphatic carbocycles. The van der Waals surface area contributed by atoms with E-state index in [-0.39, 0.29) is 23.8 Å². The Hall–Kier alpha value is -1.85. The van der Waals surface area contributed by atoms with Gasteiger partial charge in [-0.05, 0) is 36.7 Å². The minimum atomic E-state index is -0.0567. The van der Waals surface area contributed by atoms with E-state index in [1.807, 2.05) is 6.07 Å². The molecule has 4 rings (SSSR count). The van der Waals surface area contributed by atoms with Crippen LogP contribution in [0.5, 0.6) is 0 Å². The summed E-state index contributed by atoms with van der Waals surface area (Å²) in [5.74, 6) is 0.707. The van der Waals surface area contributed by atoms with Crippen molar-refractivity contribution in [1.82, 2.24) is 20.4 Å². The monoisotopic (exact) mass is 302 g/mol. The van der Waals surface area contributed by atoms with E-state index in [1.54, 1.807) is 4.90 Å². The van der Waals surface area contributed by atoms with Gasteiger partial charge in [0.15, 0.2) is 0 Å². The molecular formula is C16H22N4O2. The summed E-state index contributed by atoms with van der Waals surface area (Å²) in [6.07, 6.45) is 3.51. The van der Waals surface area contributed by atoms with Crippen LogP contribution in [0.15, 0.2) is 6.07 Å². The number of nitrogens with one attached hydrogen (secondary N) is 2. The van der Waals surface area contributed by atoms with Crippen LogP contribution in [0.2, 0.25) is 0 Å². The second-order valence-corrected chi connectivity index (χ2v) is 7.40. The summed E-state index contributed by atoms with van der Waals surface area (Å²) >= 11 is 0. The lowest BCUT2D eigenvalue weighted by molar-refractivity contribution is -0.124. The zero-order valence-electron chi connectivity index (χ0n) is 13.1. The molecule has 22 heavy (non-hydrogen) atoms. The van der Waals surface area contributed by atoms with Gasteiger partial charge in [0, 0.05) is 24.7 Å². The van der Waals surface area contributed by atoms with Crippen molar-refractivity contribution in [2.75, 3.05) is 13.1 Å². The van der Waals surface area contributed by atoms with Gasteiger partial charge in [-0.25, -0.2) is 0 Å². The summed E-state index contributed by atoms with van der Waals surface area (Å²) in [5, 5.41) is 10.1. The van der Waals surface area contributed by atoms with E-state index in [4.69, 9.17) is 0 Å². The molecule has 2 heterocycles. The van der Waals surface area contributed by atoms with Crippen LogP contribution in [0.25, 0.3) is 0 Å². The van der Waals surface area contributed by atoms with Gasteiger partial charge in [-0.15, -0.1) is 0 Å². The normalized spacial score (nSPS) is 25.2. The van der Waals surface area contributed by atoms with Gasteiger partial charge in [-0.2, -0.15) is 5.10 Å². The fourth-order valence-corrected chi connectivity index (χ4v) is 3.37. The number of likely N-dealkylation sites (tertiary alicyclic amines) is 1. The Morgan fingerprint density at radius 1 is 1.41 bits per heavy atom. The van der Waals surface area contributed by atoms with Gasteiger partial charge in [0.2, 0.25) is 5.91 Å². The molecule has 0 radical (unpaired) electrons. The molecule has 0 aromatic carbocycles. The molecule has 1 atom stereocenters. The Morgan fingerprint density at radius 3 is 2.68 bits per heavy atom. The summed E-state index contributed by atoms with van der Waals surface area (Å²) < 4.78 is 0. The van der Waals surface area contributed by atoms with E-state index < -0.39 is 0 Å². The minimum Gasteiger partial charge on any atom is -0.350 e. The highest BCUT2D eigenvalue weighted by molar-refractivity contribution is 5.93. The van der Waals surface area contributed by atoms with Crippen LogP contribution >= 0.6 is 0 Å². The van der Waals surface area contributed by atoms with Gasteiger partial charge in [0.1, 0.15) is 5.69 Å². The van der Waals surface area contributed by atoms with Gasteiger partial charge in [-0.3, -0.25) is 14.7 Å². The first kappa shape index (κ1) is 13.8. The molecule has 2 saturated carbocycles. The van der Waals surface area contributed by atoms with E-state index in [9.17, 15) is 9.59 Å². The van der Waals surface area contributed by atoms with Gasteiger partial charge < -0.3 is 10.2 Å². The van der Waals surface area contributed by atoms with Crippen molar-refractivity contribution >= 4 is 11.8 Å². The first-order chi connectivity index (χ1) is 10.5. The summed E-state index contributed by atoms with van der Waals surface area (Å²) in [6.45, 7) is 5.30. The highest BCUT2D eigenvalue weighted by Crippen LogP contribution is 2.70. The van der Waals surface area contributed by atoms with Crippen LogP contribution in [-0.4, -0.2) is 46.0 Å². The first-order valence-corrected chi connectivity index (χ1v) is 8.13. The first-order valence-electron chi connectivity index (χ1n) is 8.13. The molecule has 0 bridgehead atoms. The van der Waals surface area contributed by atoms with Crippen molar-refractivity contribution in [3.8, 4) is 0 Å². The van der Waals surface area contributed by atoms with E-state index in [0.717, 1.165) is 12.1 Å². The zero-order chi connectivity index (χ0) is 15.5. The van der Waals surface area contributed by atoms with E-state index in [2.05, 4.69) is 29.4 Å². The second kappa shape index (κ2) is 4.57. The second-order valence-electron chi connectivity index (χ2n) is 7.40. The fourth-order valence-electron chi connectivity index (χ4n) is 3.37. The molecule has 2 N–H and O–H groups in total. The number of hydrogen-bond acceptors (Lipinski definition) is 3. The number of H-pyrrole nitrogens is 1. The number of nitrogens with zero attached hydrogens (tertiary/aromatic N) is 2. The number of aromatic nitrogens is 2. The van der Waals surface area contributed by atoms with Gasteiger partial charge in [0.05, 0.1) is 6.04 Å². The smallest absolute Gasteiger partial charge is 0.274 e. The summed E-state index contributed by atoms with van der Waals surface area (Å²) in [4.78, 5) is 26.1. The largest absolute Gasteiger partial charge is 0.350 e. The lowest BCUT2D eigenvalue weighted by Gasteiger charge is -2.39. The molecule has 3 fully saturated rings. The Kier molecular flexibility index (Phi) is 2.86. The van der Waals surface area contributed by atoms with Crippen molar-refractivity contribution in [3.63, 3.8) is 0 Å². The molecule has 1 aromatic heterocycles. The third-order valence-electron chi connectivity index (χ3n) is 5.35. The molecule has 6 nitrogen and oxygen atoms in total. The average molecular weight is 302 g/mol. The number of carbonyl (C=O) groups excluding carboxylic acids is 2. The Balaban J connectivity index is 1.27. The van der Waals surface area contributed by atoms with Crippen molar-refractivity contribution in [2.24, 2.45) is 11.3 Å². The number of rotatable bonds is 4.